The summed E-state index contributed by atoms with van der Waals surface area (Å²) in [7, 11) is -1.71. The fourth-order valence-corrected chi connectivity index (χ4v) is 7.56. The molecule has 0 spiro atoms. The Morgan fingerprint density at radius 1 is 0.864 bits per heavy atom. The zero-order valence-electron chi connectivity index (χ0n) is 14.5. The van der Waals surface area contributed by atoms with Gasteiger partial charge >= 0.3 is 0 Å². The van der Waals surface area contributed by atoms with Crippen LogP contribution in [0.1, 0.15) is 64.9 Å². The molecule has 1 rings (SSSR count). The van der Waals surface area contributed by atoms with E-state index >= 15 is 0 Å². The topological polar surface area (TPSA) is 33.0 Å². The highest BCUT2D eigenvalue weighted by atomic mass is 28.4. The van der Waals surface area contributed by atoms with E-state index in [4.69, 9.17) is 9.69 Å². The lowest BCUT2D eigenvalue weighted by Gasteiger charge is -2.32. The predicted octanol–water partition coefficient (Wildman–Crippen LogP) is 6.28. The van der Waals surface area contributed by atoms with Crippen LogP contribution in [0.3, 0.4) is 0 Å². The van der Waals surface area contributed by atoms with Gasteiger partial charge in [-0.1, -0.05) is 59.3 Å². The van der Waals surface area contributed by atoms with E-state index in [0.29, 0.717) is 5.56 Å². The molecule has 0 aliphatic carbocycles. The van der Waals surface area contributed by atoms with Crippen LogP contribution in [0.5, 0.6) is 5.75 Å². The van der Waals surface area contributed by atoms with Gasteiger partial charge in [0.1, 0.15) is 5.75 Å². The lowest BCUT2D eigenvalue weighted by atomic mass is 10.2. The maximum atomic E-state index is 8.93. The van der Waals surface area contributed by atoms with Crippen LogP contribution in [0.25, 0.3) is 0 Å². The summed E-state index contributed by atoms with van der Waals surface area (Å²) in [6.07, 6.45) is 7.54. The minimum Gasteiger partial charge on any atom is -0.543 e. The second-order valence-corrected chi connectivity index (χ2v) is 10.3. The molecular weight excluding hydrogens is 286 g/mol. The lowest BCUT2D eigenvalue weighted by molar-refractivity contribution is 0.510. The molecule has 0 saturated carbocycles. The Morgan fingerprint density at radius 3 is 1.68 bits per heavy atom. The fraction of sp³-hybridized carbons (Fsp3) is 0.632. The van der Waals surface area contributed by atoms with Crippen molar-refractivity contribution in [3.63, 3.8) is 0 Å². The number of unbranched alkanes of at least 4 members (excludes halogenated alkanes) is 3. The van der Waals surface area contributed by atoms with Crippen LogP contribution in [-0.4, -0.2) is 8.32 Å². The van der Waals surface area contributed by atoms with Crippen LogP contribution in [0, 0.1) is 11.3 Å². The molecule has 0 unspecified atom stereocenters. The molecule has 0 aliphatic heterocycles. The smallest absolute Gasteiger partial charge is 0.251 e. The summed E-state index contributed by atoms with van der Waals surface area (Å²) in [6, 6.07) is 13.7. The van der Waals surface area contributed by atoms with Gasteiger partial charge in [0.15, 0.2) is 0 Å². The number of nitrogens with zero attached hydrogens (tertiary/aromatic N) is 1. The van der Waals surface area contributed by atoms with Crippen molar-refractivity contribution in [1.82, 2.24) is 0 Å². The molecular formula is C19H31NOSi. The van der Waals surface area contributed by atoms with Crippen LogP contribution in [0.15, 0.2) is 24.3 Å². The number of nitriles is 1. The molecule has 0 bridgehead atoms. The minimum atomic E-state index is -1.71. The van der Waals surface area contributed by atoms with Gasteiger partial charge in [-0.05, 0) is 42.4 Å². The minimum absolute atomic E-state index is 0.704. The second kappa shape index (κ2) is 10.5. The van der Waals surface area contributed by atoms with E-state index in [-0.39, 0.29) is 0 Å². The van der Waals surface area contributed by atoms with Gasteiger partial charge in [-0.2, -0.15) is 5.26 Å². The second-order valence-electron chi connectivity index (χ2n) is 6.23. The third-order valence-electron chi connectivity index (χ3n) is 4.28. The van der Waals surface area contributed by atoms with E-state index in [1.54, 1.807) is 0 Å². The molecule has 1 aromatic carbocycles. The maximum absolute atomic E-state index is 8.93. The molecule has 0 radical (unpaired) electrons. The highest BCUT2D eigenvalue weighted by molar-refractivity contribution is 6.74. The first kappa shape index (κ1) is 18.8. The number of hydrogen-bond acceptors (Lipinski definition) is 2. The highest BCUT2D eigenvalue weighted by Crippen LogP contribution is 2.31. The summed E-state index contributed by atoms with van der Waals surface area (Å²) in [5.41, 5.74) is 0.704. The summed E-state index contributed by atoms with van der Waals surface area (Å²) in [5, 5.41) is 8.93. The average Bonchev–Trinajstić information content (AvgIpc) is 2.56. The largest absolute Gasteiger partial charge is 0.543 e. The zero-order valence-corrected chi connectivity index (χ0v) is 15.5. The van der Waals surface area contributed by atoms with Crippen LogP contribution in [-0.2, 0) is 0 Å². The van der Waals surface area contributed by atoms with Gasteiger partial charge in [0, 0.05) is 0 Å². The zero-order chi connectivity index (χ0) is 16.3. The normalized spacial score (nSPS) is 11.2. The SMILES string of the molecule is CCCC[Si](CCCC)(CCCC)Oc1ccc(C#N)cc1. The molecule has 0 saturated heterocycles. The summed E-state index contributed by atoms with van der Waals surface area (Å²) in [5.74, 6) is 0.967. The van der Waals surface area contributed by atoms with Gasteiger partial charge < -0.3 is 4.43 Å². The molecule has 3 heteroatoms. The van der Waals surface area contributed by atoms with E-state index < -0.39 is 8.32 Å². The quantitative estimate of drug-likeness (QED) is 0.450. The third-order valence-corrected chi connectivity index (χ3v) is 8.74. The van der Waals surface area contributed by atoms with Crippen molar-refractivity contribution < 1.29 is 4.43 Å². The fourth-order valence-electron chi connectivity index (χ4n) is 2.87. The molecule has 122 valence electrons. The van der Waals surface area contributed by atoms with Gasteiger partial charge in [0.25, 0.3) is 8.32 Å². The first-order valence-corrected chi connectivity index (χ1v) is 11.4. The standard InChI is InChI=1S/C19H31NOSi/c1-4-7-14-22(15-8-5-2,16-9-6-3)21-19-12-10-18(17-20)11-13-19/h10-13H,4-9,14-16H2,1-3H3. The van der Waals surface area contributed by atoms with E-state index in [0.717, 1.165) is 5.75 Å². The van der Waals surface area contributed by atoms with Crippen molar-refractivity contribution in [3.05, 3.63) is 29.8 Å². The summed E-state index contributed by atoms with van der Waals surface area (Å²) in [4.78, 5) is 0. The van der Waals surface area contributed by atoms with Crippen molar-refractivity contribution in [2.75, 3.05) is 0 Å². The van der Waals surface area contributed by atoms with Crippen molar-refractivity contribution >= 4 is 8.32 Å². The first-order valence-electron chi connectivity index (χ1n) is 8.89. The van der Waals surface area contributed by atoms with Crippen molar-refractivity contribution in [1.29, 1.82) is 5.26 Å². The highest BCUT2D eigenvalue weighted by Gasteiger charge is 2.35. The third kappa shape index (κ3) is 6.23. The summed E-state index contributed by atoms with van der Waals surface area (Å²) in [6.45, 7) is 6.79. The molecule has 0 heterocycles. The molecule has 0 atom stereocenters. The molecule has 0 aromatic heterocycles. The Balaban J connectivity index is 2.89. The van der Waals surface area contributed by atoms with Crippen molar-refractivity contribution in [3.8, 4) is 11.8 Å². The van der Waals surface area contributed by atoms with E-state index in [1.807, 2.05) is 24.3 Å². The molecule has 0 amide bonds. The Kier molecular flexibility index (Phi) is 8.92. The summed E-state index contributed by atoms with van der Waals surface area (Å²) >= 11 is 0. The van der Waals surface area contributed by atoms with Gasteiger partial charge in [-0.15, -0.1) is 0 Å². The Bertz CT molecular complexity index is 428. The molecule has 0 aliphatic rings. The first-order chi connectivity index (χ1) is 10.7. The van der Waals surface area contributed by atoms with Crippen LogP contribution in [0.2, 0.25) is 18.1 Å². The average molecular weight is 318 g/mol. The summed E-state index contributed by atoms with van der Waals surface area (Å²) < 4.78 is 6.64. The van der Waals surface area contributed by atoms with E-state index in [2.05, 4.69) is 26.8 Å². The van der Waals surface area contributed by atoms with E-state index in [1.165, 1.54) is 56.7 Å². The van der Waals surface area contributed by atoms with Gasteiger partial charge in [0.2, 0.25) is 0 Å². The predicted molar refractivity (Wildman–Crippen MR) is 96.7 cm³/mol. The number of rotatable bonds is 11. The monoisotopic (exact) mass is 317 g/mol. The van der Waals surface area contributed by atoms with Crippen molar-refractivity contribution in [2.45, 2.75) is 77.4 Å². The van der Waals surface area contributed by atoms with Crippen LogP contribution < -0.4 is 4.43 Å². The van der Waals surface area contributed by atoms with Crippen LogP contribution >= 0.6 is 0 Å². The Hall–Kier alpha value is -1.27. The molecule has 2 nitrogen and oxygen atoms in total. The van der Waals surface area contributed by atoms with Crippen molar-refractivity contribution in [2.24, 2.45) is 0 Å². The molecule has 0 N–H and O–H groups in total. The number of benzene rings is 1. The maximum Gasteiger partial charge on any atom is 0.251 e. The van der Waals surface area contributed by atoms with Gasteiger partial charge in [0.05, 0.1) is 11.6 Å². The number of hydrogen-bond donors (Lipinski definition) is 0. The Labute approximate surface area is 137 Å². The molecule has 22 heavy (non-hydrogen) atoms. The molecule has 1 aromatic rings. The lowest BCUT2D eigenvalue weighted by Crippen LogP contribution is -2.41. The van der Waals surface area contributed by atoms with E-state index in [9.17, 15) is 0 Å². The molecule has 0 fully saturated rings. The van der Waals surface area contributed by atoms with Crippen LogP contribution in [0.4, 0.5) is 0 Å². The van der Waals surface area contributed by atoms with Gasteiger partial charge in [-0.25, -0.2) is 0 Å². The van der Waals surface area contributed by atoms with Gasteiger partial charge in [-0.3, -0.25) is 0 Å². The Morgan fingerprint density at radius 2 is 1.32 bits per heavy atom.